The van der Waals surface area contributed by atoms with Crippen molar-refractivity contribution in [3.05, 3.63) is 64.8 Å². The second-order valence-electron chi connectivity index (χ2n) is 8.17. The highest BCUT2D eigenvalue weighted by Gasteiger charge is 2.24. The van der Waals surface area contributed by atoms with E-state index < -0.39 is 0 Å². The number of rotatable bonds is 5. The lowest BCUT2D eigenvalue weighted by molar-refractivity contribution is 0.0909. The van der Waals surface area contributed by atoms with Gasteiger partial charge in [-0.25, -0.2) is 0 Å². The Morgan fingerprint density at radius 1 is 1.09 bits per heavy atom. The van der Waals surface area contributed by atoms with E-state index in [4.69, 9.17) is 21.1 Å². The van der Waals surface area contributed by atoms with Gasteiger partial charge in [0, 0.05) is 36.3 Å². The number of nitrogens with zero attached hydrogens (tertiary/aromatic N) is 2. The van der Waals surface area contributed by atoms with E-state index in [-0.39, 0.29) is 11.9 Å². The van der Waals surface area contributed by atoms with Gasteiger partial charge in [-0.3, -0.25) is 14.8 Å². The number of nitrogens with one attached hydrogen (secondary N) is 2. The van der Waals surface area contributed by atoms with Gasteiger partial charge in [-0.2, -0.15) is 5.10 Å². The molecule has 1 saturated heterocycles. The second kappa shape index (κ2) is 9.22. The smallest absolute Gasteiger partial charge is 0.255 e. The number of fused-ring (bicyclic) bond motifs is 1. The van der Waals surface area contributed by atoms with Crippen LogP contribution in [0.25, 0.3) is 11.3 Å². The minimum absolute atomic E-state index is 0.111. The third kappa shape index (κ3) is 4.59. The fraction of sp³-hybridized carbons (Fsp3) is 0.333. The molecule has 2 aromatic carbocycles. The van der Waals surface area contributed by atoms with Gasteiger partial charge in [0.2, 0.25) is 0 Å². The number of H-pyrrole nitrogens is 1. The molecule has 166 valence electrons. The van der Waals surface area contributed by atoms with E-state index in [1.165, 1.54) is 5.56 Å². The molecule has 0 bridgehead atoms. The van der Waals surface area contributed by atoms with Crippen LogP contribution in [0.3, 0.4) is 0 Å². The zero-order valence-electron chi connectivity index (χ0n) is 17.6. The van der Waals surface area contributed by atoms with Gasteiger partial charge >= 0.3 is 0 Å². The van der Waals surface area contributed by atoms with Crippen LogP contribution in [-0.2, 0) is 6.54 Å². The molecule has 5 rings (SSSR count). The van der Waals surface area contributed by atoms with E-state index in [0.717, 1.165) is 48.8 Å². The number of likely N-dealkylation sites (tertiary alicyclic amines) is 1. The van der Waals surface area contributed by atoms with E-state index in [0.29, 0.717) is 30.2 Å². The lowest BCUT2D eigenvalue weighted by atomic mass is 10.0. The molecule has 0 radical (unpaired) electrons. The van der Waals surface area contributed by atoms with Crippen LogP contribution in [0.1, 0.15) is 28.8 Å². The molecule has 3 aromatic rings. The van der Waals surface area contributed by atoms with Gasteiger partial charge in [-0.15, -0.1) is 0 Å². The van der Waals surface area contributed by atoms with Gasteiger partial charge in [0.1, 0.15) is 13.2 Å². The quantitative estimate of drug-likeness (QED) is 0.613. The van der Waals surface area contributed by atoms with Crippen LogP contribution in [0, 0.1) is 0 Å². The van der Waals surface area contributed by atoms with E-state index >= 15 is 0 Å². The maximum Gasteiger partial charge on any atom is 0.255 e. The zero-order valence-corrected chi connectivity index (χ0v) is 18.4. The number of halogens is 1. The maximum absolute atomic E-state index is 13.0. The van der Waals surface area contributed by atoms with Gasteiger partial charge in [0.05, 0.1) is 17.5 Å². The van der Waals surface area contributed by atoms with Crippen LogP contribution in [0.15, 0.2) is 48.7 Å². The molecule has 0 atom stereocenters. The summed E-state index contributed by atoms with van der Waals surface area (Å²) in [5.74, 6) is 1.29. The minimum atomic E-state index is -0.111. The standard InChI is InChI=1S/C24H25ClN4O3/c25-18-4-1-16(2-5-18)15-29-9-7-19(8-10-29)27-24(30)20-14-26-28-23(20)17-3-6-21-22(13-17)32-12-11-31-21/h1-6,13-14,19H,7-12,15H2,(H,26,28)(H,27,30). The van der Waals surface area contributed by atoms with Crippen molar-refractivity contribution in [2.75, 3.05) is 26.3 Å². The summed E-state index contributed by atoms with van der Waals surface area (Å²) in [7, 11) is 0. The van der Waals surface area contributed by atoms with E-state index in [1.54, 1.807) is 6.20 Å². The molecule has 0 unspecified atom stereocenters. The van der Waals surface area contributed by atoms with E-state index in [2.05, 4.69) is 32.5 Å². The summed E-state index contributed by atoms with van der Waals surface area (Å²) in [5, 5.41) is 11.0. The Bertz CT molecular complexity index is 1090. The van der Waals surface area contributed by atoms with Crippen molar-refractivity contribution < 1.29 is 14.3 Å². The third-order valence-corrected chi connectivity index (χ3v) is 6.21. The number of amides is 1. The highest BCUT2D eigenvalue weighted by molar-refractivity contribution is 6.30. The Balaban J connectivity index is 1.20. The molecule has 1 aromatic heterocycles. The van der Waals surface area contributed by atoms with Crippen LogP contribution < -0.4 is 14.8 Å². The molecule has 2 aliphatic heterocycles. The number of benzene rings is 2. The van der Waals surface area contributed by atoms with Crippen molar-refractivity contribution >= 4 is 17.5 Å². The number of aromatic amines is 1. The summed E-state index contributed by atoms with van der Waals surface area (Å²) in [5.41, 5.74) is 3.30. The SMILES string of the molecule is O=C(NC1CCN(Cc2ccc(Cl)cc2)CC1)c1cn[nH]c1-c1ccc2c(c1)OCCO2. The number of aromatic nitrogens is 2. The molecule has 8 heteroatoms. The normalized spacial score (nSPS) is 16.7. The summed E-state index contributed by atoms with van der Waals surface area (Å²) < 4.78 is 11.3. The fourth-order valence-corrected chi connectivity index (χ4v) is 4.35. The monoisotopic (exact) mass is 452 g/mol. The molecule has 0 spiro atoms. The van der Waals surface area contributed by atoms with Crippen LogP contribution in [0.4, 0.5) is 0 Å². The van der Waals surface area contributed by atoms with Crippen molar-refractivity contribution in [3.8, 4) is 22.8 Å². The first kappa shape index (κ1) is 20.8. The van der Waals surface area contributed by atoms with Crippen LogP contribution in [0.5, 0.6) is 11.5 Å². The van der Waals surface area contributed by atoms with Crippen LogP contribution in [-0.4, -0.2) is 53.3 Å². The van der Waals surface area contributed by atoms with Crippen molar-refractivity contribution in [3.63, 3.8) is 0 Å². The molecule has 0 saturated carbocycles. The maximum atomic E-state index is 13.0. The topological polar surface area (TPSA) is 79.5 Å². The number of carbonyl (C=O) groups excluding carboxylic acids is 1. The average molecular weight is 453 g/mol. The Labute approximate surface area is 191 Å². The highest BCUT2D eigenvalue weighted by Crippen LogP contribution is 2.34. The lowest BCUT2D eigenvalue weighted by Gasteiger charge is -2.32. The van der Waals surface area contributed by atoms with Crippen LogP contribution >= 0.6 is 11.6 Å². The molecule has 3 heterocycles. The largest absolute Gasteiger partial charge is 0.486 e. The number of carbonyl (C=O) groups is 1. The van der Waals surface area contributed by atoms with Gasteiger partial charge in [-0.1, -0.05) is 23.7 Å². The molecule has 0 aliphatic carbocycles. The van der Waals surface area contributed by atoms with Gasteiger partial charge in [0.25, 0.3) is 5.91 Å². The second-order valence-corrected chi connectivity index (χ2v) is 8.60. The summed E-state index contributed by atoms with van der Waals surface area (Å²) in [6.45, 7) is 3.84. The summed E-state index contributed by atoms with van der Waals surface area (Å²) in [4.78, 5) is 15.4. The fourth-order valence-electron chi connectivity index (χ4n) is 4.22. The molecule has 2 aliphatic rings. The predicted molar refractivity (Wildman–Crippen MR) is 122 cm³/mol. The number of hydrogen-bond acceptors (Lipinski definition) is 5. The summed E-state index contributed by atoms with van der Waals surface area (Å²) >= 11 is 5.97. The van der Waals surface area contributed by atoms with Crippen LogP contribution in [0.2, 0.25) is 5.02 Å². The Kier molecular flexibility index (Phi) is 6.01. The predicted octanol–water partition coefficient (Wildman–Crippen LogP) is 3.90. The molecule has 32 heavy (non-hydrogen) atoms. The molecular formula is C24H25ClN4O3. The van der Waals surface area contributed by atoms with E-state index in [1.807, 2.05) is 30.3 Å². The highest BCUT2D eigenvalue weighted by atomic mass is 35.5. The Hall–Kier alpha value is -3.03. The molecular weight excluding hydrogens is 428 g/mol. The molecule has 7 nitrogen and oxygen atoms in total. The molecule has 1 amide bonds. The number of piperidine rings is 1. The van der Waals surface area contributed by atoms with Gasteiger partial charge in [-0.05, 0) is 48.7 Å². The number of hydrogen-bond donors (Lipinski definition) is 2. The Morgan fingerprint density at radius 2 is 1.84 bits per heavy atom. The first-order valence-corrected chi connectivity index (χ1v) is 11.2. The molecule has 2 N–H and O–H groups in total. The van der Waals surface area contributed by atoms with Crippen molar-refractivity contribution in [2.45, 2.75) is 25.4 Å². The molecule has 1 fully saturated rings. The first-order chi connectivity index (χ1) is 15.7. The first-order valence-electron chi connectivity index (χ1n) is 10.9. The zero-order chi connectivity index (χ0) is 21.9. The summed E-state index contributed by atoms with van der Waals surface area (Å²) in [6.07, 6.45) is 3.41. The van der Waals surface area contributed by atoms with E-state index in [9.17, 15) is 4.79 Å². The van der Waals surface area contributed by atoms with Crippen molar-refractivity contribution in [1.82, 2.24) is 20.4 Å². The summed E-state index contributed by atoms with van der Waals surface area (Å²) in [6, 6.07) is 13.8. The lowest BCUT2D eigenvalue weighted by Crippen LogP contribution is -2.44. The van der Waals surface area contributed by atoms with Gasteiger partial charge < -0.3 is 14.8 Å². The third-order valence-electron chi connectivity index (χ3n) is 5.96. The minimum Gasteiger partial charge on any atom is -0.486 e. The van der Waals surface area contributed by atoms with Crippen molar-refractivity contribution in [1.29, 1.82) is 0 Å². The Morgan fingerprint density at radius 3 is 2.62 bits per heavy atom. The average Bonchev–Trinajstić information content (AvgIpc) is 3.32. The number of ether oxygens (including phenoxy) is 2. The van der Waals surface area contributed by atoms with Gasteiger partial charge in [0.15, 0.2) is 11.5 Å². The van der Waals surface area contributed by atoms with Crippen molar-refractivity contribution in [2.24, 2.45) is 0 Å².